The van der Waals surface area contributed by atoms with Crippen LogP contribution in [0.25, 0.3) is 0 Å². The summed E-state index contributed by atoms with van der Waals surface area (Å²) < 4.78 is 5.32. The van der Waals surface area contributed by atoms with Gasteiger partial charge in [0.2, 0.25) is 5.91 Å². The SMILES string of the molecule is CN(C)C(C(=O)NCCN1CCOCC1)c1ccccc1. The van der Waals surface area contributed by atoms with Crippen LogP contribution in [0.1, 0.15) is 11.6 Å². The Hall–Kier alpha value is -1.43. The van der Waals surface area contributed by atoms with E-state index < -0.39 is 0 Å². The smallest absolute Gasteiger partial charge is 0.241 e. The number of hydrogen-bond acceptors (Lipinski definition) is 4. The molecule has 1 amide bonds. The van der Waals surface area contributed by atoms with Gasteiger partial charge >= 0.3 is 0 Å². The molecule has 5 nitrogen and oxygen atoms in total. The van der Waals surface area contributed by atoms with Crippen molar-refractivity contribution in [3.63, 3.8) is 0 Å². The van der Waals surface area contributed by atoms with Crippen LogP contribution in [0, 0.1) is 0 Å². The first-order valence-corrected chi connectivity index (χ1v) is 7.47. The number of ether oxygens (including phenoxy) is 1. The molecule has 0 radical (unpaired) electrons. The lowest BCUT2D eigenvalue weighted by atomic mass is 10.1. The van der Waals surface area contributed by atoms with Gasteiger partial charge in [-0.15, -0.1) is 0 Å². The summed E-state index contributed by atoms with van der Waals surface area (Å²) in [6.07, 6.45) is 0. The summed E-state index contributed by atoms with van der Waals surface area (Å²) in [5.74, 6) is 0.0551. The highest BCUT2D eigenvalue weighted by Crippen LogP contribution is 2.17. The van der Waals surface area contributed by atoms with E-state index in [-0.39, 0.29) is 11.9 Å². The molecule has 1 fully saturated rings. The Kier molecular flexibility index (Phi) is 6.17. The molecular weight excluding hydrogens is 266 g/mol. The number of rotatable bonds is 6. The highest BCUT2D eigenvalue weighted by molar-refractivity contribution is 5.83. The van der Waals surface area contributed by atoms with Crippen molar-refractivity contribution in [1.82, 2.24) is 15.1 Å². The van der Waals surface area contributed by atoms with E-state index in [9.17, 15) is 4.79 Å². The summed E-state index contributed by atoms with van der Waals surface area (Å²) in [5, 5.41) is 3.05. The van der Waals surface area contributed by atoms with Crippen LogP contribution in [-0.2, 0) is 9.53 Å². The van der Waals surface area contributed by atoms with Crippen molar-refractivity contribution < 1.29 is 9.53 Å². The number of likely N-dealkylation sites (N-methyl/N-ethyl adjacent to an activating group) is 1. The second kappa shape index (κ2) is 8.12. The van der Waals surface area contributed by atoms with Gasteiger partial charge in [0.15, 0.2) is 0 Å². The molecule has 0 aliphatic carbocycles. The summed E-state index contributed by atoms with van der Waals surface area (Å²) >= 11 is 0. The number of carbonyl (C=O) groups is 1. The number of amides is 1. The van der Waals surface area contributed by atoms with Gasteiger partial charge < -0.3 is 10.1 Å². The van der Waals surface area contributed by atoms with Crippen molar-refractivity contribution in [2.24, 2.45) is 0 Å². The fourth-order valence-electron chi connectivity index (χ4n) is 2.58. The summed E-state index contributed by atoms with van der Waals surface area (Å²) in [6, 6.07) is 9.64. The molecule has 1 N–H and O–H groups in total. The zero-order valence-corrected chi connectivity index (χ0v) is 12.9. The van der Waals surface area contributed by atoms with E-state index in [1.54, 1.807) is 0 Å². The summed E-state index contributed by atoms with van der Waals surface area (Å²) in [7, 11) is 3.86. The highest BCUT2D eigenvalue weighted by atomic mass is 16.5. The number of benzene rings is 1. The van der Waals surface area contributed by atoms with Gasteiger partial charge in [-0.25, -0.2) is 0 Å². The van der Waals surface area contributed by atoms with Gasteiger partial charge in [0, 0.05) is 26.2 Å². The first-order chi connectivity index (χ1) is 10.2. The fourth-order valence-corrected chi connectivity index (χ4v) is 2.58. The lowest BCUT2D eigenvalue weighted by molar-refractivity contribution is -0.125. The van der Waals surface area contributed by atoms with E-state index in [1.807, 2.05) is 49.3 Å². The third kappa shape index (κ3) is 4.81. The fraction of sp³-hybridized carbons (Fsp3) is 0.562. The normalized spacial score (nSPS) is 17.7. The van der Waals surface area contributed by atoms with Crippen LogP contribution >= 0.6 is 0 Å². The molecule has 0 bridgehead atoms. The molecule has 116 valence electrons. The minimum Gasteiger partial charge on any atom is -0.379 e. The topological polar surface area (TPSA) is 44.8 Å². The molecule has 1 unspecified atom stereocenters. The van der Waals surface area contributed by atoms with Crippen LogP contribution < -0.4 is 5.32 Å². The van der Waals surface area contributed by atoms with Crippen LogP contribution in [0.5, 0.6) is 0 Å². The Morgan fingerprint density at radius 3 is 2.57 bits per heavy atom. The minimum absolute atomic E-state index is 0.0551. The zero-order chi connectivity index (χ0) is 15.1. The van der Waals surface area contributed by atoms with Crippen molar-refractivity contribution >= 4 is 5.91 Å². The number of hydrogen-bond donors (Lipinski definition) is 1. The van der Waals surface area contributed by atoms with Crippen LogP contribution in [0.4, 0.5) is 0 Å². The largest absolute Gasteiger partial charge is 0.379 e. The number of carbonyl (C=O) groups excluding carboxylic acids is 1. The highest BCUT2D eigenvalue weighted by Gasteiger charge is 2.22. The first kappa shape index (κ1) is 15.9. The third-order valence-corrected chi connectivity index (χ3v) is 3.71. The Morgan fingerprint density at radius 2 is 1.95 bits per heavy atom. The molecule has 1 saturated heterocycles. The van der Waals surface area contributed by atoms with Crippen LogP contribution in [0.3, 0.4) is 0 Å². The molecule has 21 heavy (non-hydrogen) atoms. The molecule has 1 aromatic carbocycles. The number of nitrogens with zero attached hydrogens (tertiary/aromatic N) is 2. The van der Waals surface area contributed by atoms with E-state index in [0.717, 1.165) is 38.4 Å². The Balaban J connectivity index is 1.84. The predicted octanol–water partition coefficient (Wildman–Crippen LogP) is 0.738. The van der Waals surface area contributed by atoms with Gasteiger partial charge in [0.1, 0.15) is 6.04 Å². The molecule has 0 aromatic heterocycles. The van der Waals surface area contributed by atoms with Crippen molar-refractivity contribution in [2.45, 2.75) is 6.04 Å². The summed E-state index contributed by atoms with van der Waals surface area (Å²) in [6.45, 7) is 5.04. The number of morpholine rings is 1. The van der Waals surface area contributed by atoms with E-state index in [0.29, 0.717) is 6.54 Å². The standard InChI is InChI=1S/C16H25N3O2/c1-18(2)15(14-6-4-3-5-7-14)16(20)17-8-9-19-10-12-21-13-11-19/h3-7,15H,8-13H2,1-2H3,(H,17,20). The molecule has 5 heteroatoms. The molecule has 1 aliphatic heterocycles. The summed E-state index contributed by atoms with van der Waals surface area (Å²) in [4.78, 5) is 16.7. The molecule has 1 heterocycles. The van der Waals surface area contributed by atoms with E-state index in [2.05, 4.69) is 10.2 Å². The first-order valence-electron chi connectivity index (χ1n) is 7.47. The van der Waals surface area contributed by atoms with Crippen LogP contribution in [0.2, 0.25) is 0 Å². The Labute approximate surface area is 126 Å². The maximum absolute atomic E-state index is 12.4. The monoisotopic (exact) mass is 291 g/mol. The van der Waals surface area contributed by atoms with E-state index in [1.165, 1.54) is 0 Å². The van der Waals surface area contributed by atoms with Gasteiger partial charge in [-0.2, -0.15) is 0 Å². The maximum Gasteiger partial charge on any atom is 0.241 e. The maximum atomic E-state index is 12.4. The van der Waals surface area contributed by atoms with Crippen molar-refractivity contribution in [3.05, 3.63) is 35.9 Å². The molecule has 1 aliphatic rings. The molecule has 1 aromatic rings. The van der Waals surface area contributed by atoms with Crippen molar-refractivity contribution in [3.8, 4) is 0 Å². The molecule has 2 rings (SSSR count). The zero-order valence-electron chi connectivity index (χ0n) is 12.9. The van der Waals surface area contributed by atoms with Crippen molar-refractivity contribution in [2.75, 3.05) is 53.5 Å². The minimum atomic E-state index is -0.240. The van der Waals surface area contributed by atoms with Gasteiger partial charge in [-0.05, 0) is 19.7 Å². The number of nitrogens with one attached hydrogen (secondary N) is 1. The van der Waals surface area contributed by atoms with Crippen molar-refractivity contribution in [1.29, 1.82) is 0 Å². The quantitative estimate of drug-likeness (QED) is 0.839. The Morgan fingerprint density at radius 1 is 1.29 bits per heavy atom. The van der Waals surface area contributed by atoms with Gasteiger partial charge in [0.25, 0.3) is 0 Å². The second-order valence-electron chi connectivity index (χ2n) is 5.52. The van der Waals surface area contributed by atoms with Gasteiger partial charge in [-0.1, -0.05) is 30.3 Å². The van der Waals surface area contributed by atoms with E-state index >= 15 is 0 Å². The van der Waals surface area contributed by atoms with Crippen LogP contribution in [0.15, 0.2) is 30.3 Å². The lowest BCUT2D eigenvalue weighted by Crippen LogP contribution is -2.43. The predicted molar refractivity (Wildman–Crippen MR) is 83.1 cm³/mol. The third-order valence-electron chi connectivity index (χ3n) is 3.71. The lowest BCUT2D eigenvalue weighted by Gasteiger charge is -2.28. The molecule has 0 saturated carbocycles. The average Bonchev–Trinajstić information content (AvgIpc) is 2.49. The van der Waals surface area contributed by atoms with Gasteiger partial charge in [0.05, 0.1) is 13.2 Å². The summed E-state index contributed by atoms with van der Waals surface area (Å²) in [5.41, 5.74) is 1.02. The van der Waals surface area contributed by atoms with E-state index in [4.69, 9.17) is 4.74 Å². The van der Waals surface area contributed by atoms with Gasteiger partial charge in [-0.3, -0.25) is 14.6 Å². The average molecular weight is 291 g/mol. The molecular formula is C16H25N3O2. The molecule has 0 spiro atoms. The Bertz CT molecular complexity index is 430. The second-order valence-corrected chi connectivity index (χ2v) is 5.52. The van der Waals surface area contributed by atoms with Crippen LogP contribution in [-0.4, -0.2) is 69.2 Å². The molecule has 1 atom stereocenters.